The first kappa shape index (κ1) is 30.1. The maximum absolute atomic E-state index is 11.3. The van der Waals surface area contributed by atoms with Gasteiger partial charge in [-0.3, -0.25) is 0 Å². The van der Waals surface area contributed by atoms with Gasteiger partial charge in [-0.05, 0) is 53.8 Å². The Balaban J connectivity index is 1.40. The van der Waals surface area contributed by atoms with Crippen molar-refractivity contribution < 1.29 is 33.5 Å². The number of aliphatic hydroxyl groups excluding tert-OH is 1. The summed E-state index contributed by atoms with van der Waals surface area (Å²) in [5, 5.41) is 11.3. The summed E-state index contributed by atoms with van der Waals surface area (Å²) in [6.45, 7) is 1.27. The lowest BCUT2D eigenvalue weighted by molar-refractivity contribution is -0.241. The maximum atomic E-state index is 11.3. The summed E-state index contributed by atoms with van der Waals surface area (Å²) in [7, 11) is 3.25. The van der Waals surface area contributed by atoms with Gasteiger partial charge >= 0.3 is 0 Å². The smallest absolute Gasteiger partial charge is 0.184 e. The molecule has 4 rings (SSSR count). The molecule has 0 aliphatic carbocycles. The molecule has 1 fully saturated rings. The molecule has 7 nitrogen and oxygen atoms in total. The molecule has 0 spiro atoms. The average Bonchev–Trinajstić information content (AvgIpc) is 3.00. The van der Waals surface area contributed by atoms with Crippen molar-refractivity contribution >= 4 is 11.6 Å². The molecule has 3 aromatic carbocycles. The number of aliphatic hydroxyl groups is 1. The first-order valence-corrected chi connectivity index (χ1v) is 13.8. The van der Waals surface area contributed by atoms with Crippen molar-refractivity contribution in [1.82, 2.24) is 0 Å². The molecule has 4 atom stereocenters. The van der Waals surface area contributed by atoms with E-state index in [1.165, 1.54) is 11.1 Å². The Morgan fingerprint density at radius 2 is 1.43 bits per heavy atom. The van der Waals surface area contributed by atoms with Crippen LogP contribution in [-0.4, -0.2) is 57.1 Å². The van der Waals surface area contributed by atoms with Gasteiger partial charge in [-0.25, -0.2) is 0 Å². The summed E-state index contributed by atoms with van der Waals surface area (Å²) in [6, 6.07) is 25.4. The lowest BCUT2D eigenvalue weighted by atomic mass is 9.97. The van der Waals surface area contributed by atoms with E-state index in [0.717, 1.165) is 35.5 Å². The molecule has 1 saturated heterocycles. The number of methoxy groups -OCH3 is 2. The largest absolute Gasteiger partial charge is 0.497 e. The standard InChI is InChI=1S/C32H37ClO7/c1-35-26-14-10-24(11-15-26)20-37-22-29-31(39-21-25-12-16-27(36-2)17-13-25)30(34)28(19-33)32(40-29)38-18-6-9-23-7-4-3-5-8-23/h3-5,7-8,10-17,19,29-32,34H,6,9,18,20-22H2,1-2H3/b28-19-/t29?,30?,31?,32-/m0/s1. The van der Waals surface area contributed by atoms with Crippen LogP contribution in [0.25, 0.3) is 0 Å². The monoisotopic (exact) mass is 568 g/mol. The van der Waals surface area contributed by atoms with Crippen LogP contribution in [-0.2, 0) is 38.6 Å². The Hall–Kier alpha value is -2.91. The van der Waals surface area contributed by atoms with E-state index in [0.29, 0.717) is 18.8 Å². The fraction of sp³-hybridized carbons (Fsp3) is 0.375. The molecule has 0 bridgehead atoms. The van der Waals surface area contributed by atoms with E-state index in [-0.39, 0.29) is 13.2 Å². The minimum Gasteiger partial charge on any atom is -0.497 e. The zero-order chi connectivity index (χ0) is 28.2. The number of benzene rings is 3. The van der Waals surface area contributed by atoms with Crippen molar-refractivity contribution in [2.24, 2.45) is 0 Å². The minimum absolute atomic E-state index is 0.190. The minimum atomic E-state index is -1.03. The molecule has 1 aliphatic rings. The Morgan fingerprint density at radius 3 is 2.02 bits per heavy atom. The highest BCUT2D eigenvalue weighted by Gasteiger charge is 2.43. The second-order valence-electron chi connectivity index (χ2n) is 9.51. The predicted octanol–water partition coefficient (Wildman–Crippen LogP) is 5.66. The maximum Gasteiger partial charge on any atom is 0.184 e. The second-order valence-corrected chi connectivity index (χ2v) is 9.73. The van der Waals surface area contributed by atoms with Gasteiger partial charge < -0.3 is 33.5 Å². The van der Waals surface area contributed by atoms with Crippen molar-refractivity contribution in [3.8, 4) is 11.5 Å². The summed E-state index contributed by atoms with van der Waals surface area (Å²) < 4.78 is 35.0. The van der Waals surface area contributed by atoms with Crippen LogP contribution in [0.5, 0.6) is 11.5 Å². The van der Waals surface area contributed by atoms with Crippen molar-refractivity contribution in [3.05, 3.63) is 107 Å². The van der Waals surface area contributed by atoms with Gasteiger partial charge in [-0.2, -0.15) is 0 Å². The Kier molecular flexibility index (Phi) is 11.8. The van der Waals surface area contributed by atoms with Gasteiger partial charge in [0.1, 0.15) is 29.8 Å². The number of halogens is 1. The van der Waals surface area contributed by atoms with Crippen molar-refractivity contribution in [3.63, 3.8) is 0 Å². The molecule has 8 heteroatoms. The van der Waals surface area contributed by atoms with Crippen LogP contribution in [0.3, 0.4) is 0 Å². The van der Waals surface area contributed by atoms with Crippen LogP contribution < -0.4 is 9.47 Å². The highest BCUT2D eigenvalue weighted by Crippen LogP contribution is 2.30. The molecule has 1 heterocycles. The summed E-state index contributed by atoms with van der Waals surface area (Å²) >= 11 is 6.16. The third kappa shape index (κ3) is 8.54. The van der Waals surface area contributed by atoms with Crippen molar-refractivity contribution in [2.75, 3.05) is 27.4 Å². The second kappa shape index (κ2) is 15.8. The van der Waals surface area contributed by atoms with E-state index in [2.05, 4.69) is 12.1 Å². The van der Waals surface area contributed by atoms with E-state index in [1.54, 1.807) is 14.2 Å². The van der Waals surface area contributed by atoms with Gasteiger partial charge in [0.15, 0.2) is 6.29 Å². The zero-order valence-electron chi connectivity index (χ0n) is 22.9. The SMILES string of the molecule is COc1ccc(COCC2O[C@H](OCCCc3ccccc3)/C(=C\Cl)C(O)C2OCc2ccc(OC)cc2)cc1. The van der Waals surface area contributed by atoms with Gasteiger partial charge in [0, 0.05) is 11.1 Å². The summed E-state index contributed by atoms with van der Waals surface area (Å²) in [4.78, 5) is 0. The Morgan fingerprint density at radius 1 is 0.800 bits per heavy atom. The summed E-state index contributed by atoms with van der Waals surface area (Å²) in [5.41, 5.74) is 4.91. The number of hydrogen-bond donors (Lipinski definition) is 1. The molecule has 1 N–H and O–H groups in total. The lowest BCUT2D eigenvalue weighted by Gasteiger charge is -2.40. The molecular formula is C32H37ClO7. The van der Waals surface area contributed by atoms with Gasteiger partial charge in [0.05, 0.1) is 40.6 Å². The van der Waals surface area contributed by atoms with Crippen LogP contribution in [0.15, 0.2) is 90.0 Å². The fourth-order valence-corrected chi connectivity index (χ4v) is 4.70. The van der Waals surface area contributed by atoms with Crippen LogP contribution >= 0.6 is 11.6 Å². The van der Waals surface area contributed by atoms with E-state index in [9.17, 15) is 5.11 Å². The molecule has 0 amide bonds. The third-order valence-corrected chi connectivity index (χ3v) is 7.00. The zero-order valence-corrected chi connectivity index (χ0v) is 23.7. The van der Waals surface area contributed by atoms with Crippen molar-refractivity contribution in [1.29, 1.82) is 0 Å². The highest BCUT2D eigenvalue weighted by atomic mass is 35.5. The number of hydrogen-bond acceptors (Lipinski definition) is 7. The topological polar surface area (TPSA) is 75.6 Å². The van der Waals surface area contributed by atoms with Gasteiger partial charge in [-0.1, -0.05) is 66.2 Å². The molecule has 0 aromatic heterocycles. The van der Waals surface area contributed by atoms with Crippen LogP contribution in [0.4, 0.5) is 0 Å². The van der Waals surface area contributed by atoms with Crippen LogP contribution in [0.2, 0.25) is 0 Å². The van der Waals surface area contributed by atoms with Crippen molar-refractivity contribution in [2.45, 2.75) is 50.7 Å². The molecule has 214 valence electrons. The molecule has 3 aromatic rings. The quantitative estimate of drug-likeness (QED) is 0.251. The first-order chi connectivity index (χ1) is 19.6. The normalized spacial score (nSPS) is 21.9. The van der Waals surface area contributed by atoms with Gasteiger partial charge in [0.2, 0.25) is 0 Å². The van der Waals surface area contributed by atoms with Crippen LogP contribution in [0.1, 0.15) is 23.1 Å². The summed E-state index contributed by atoms with van der Waals surface area (Å²) in [5.74, 6) is 1.54. The third-order valence-electron chi connectivity index (χ3n) is 6.75. The summed E-state index contributed by atoms with van der Waals surface area (Å²) in [6.07, 6.45) is -1.47. The van der Waals surface area contributed by atoms with Gasteiger partial charge in [-0.15, -0.1) is 0 Å². The number of aryl methyl sites for hydroxylation is 1. The van der Waals surface area contributed by atoms with Crippen LogP contribution in [0, 0.1) is 0 Å². The molecule has 0 saturated carbocycles. The molecule has 3 unspecified atom stereocenters. The number of ether oxygens (including phenoxy) is 6. The fourth-order valence-electron chi connectivity index (χ4n) is 4.47. The molecule has 0 radical (unpaired) electrons. The van der Waals surface area contributed by atoms with Gasteiger partial charge in [0.25, 0.3) is 0 Å². The van der Waals surface area contributed by atoms with E-state index in [4.69, 9.17) is 40.0 Å². The Labute approximate surface area is 241 Å². The van der Waals surface area contributed by atoms with E-state index < -0.39 is 24.6 Å². The average molecular weight is 569 g/mol. The predicted molar refractivity (Wildman–Crippen MR) is 154 cm³/mol. The van der Waals surface area contributed by atoms with E-state index >= 15 is 0 Å². The van der Waals surface area contributed by atoms with E-state index in [1.807, 2.05) is 66.7 Å². The lowest BCUT2D eigenvalue weighted by Crippen LogP contribution is -2.53. The number of rotatable bonds is 14. The first-order valence-electron chi connectivity index (χ1n) is 13.4. The highest BCUT2D eigenvalue weighted by molar-refractivity contribution is 6.25. The molecule has 1 aliphatic heterocycles. The molecule has 40 heavy (non-hydrogen) atoms. The molecular weight excluding hydrogens is 532 g/mol. The Bertz CT molecular complexity index is 1170.